The van der Waals surface area contributed by atoms with E-state index in [0.29, 0.717) is 22.2 Å². The Morgan fingerprint density at radius 1 is 0.811 bits per heavy atom. The van der Waals surface area contributed by atoms with Crippen LogP contribution < -0.4 is 10.6 Å². The van der Waals surface area contributed by atoms with Crippen LogP contribution in [0.4, 0.5) is 28.0 Å². The summed E-state index contributed by atoms with van der Waals surface area (Å²) in [5.41, 5.74) is 1.23. The van der Waals surface area contributed by atoms with E-state index < -0.39 is 29.4 Å². The van der Waals surface area contributed by atoms with Gasteiger partial charge in [-0.15, -0.1) is 11.3 Å². The van der Waals surface area contributed by atoms with Crippen molar-refractivity contribution in [2.45, 2.75) is 19.6 Å². The third kappa shape index (κ3) is 7.14. The molecule has 0 radical (unpaired) electrons. The van der Waals surface area contributed by atoms with Crippen molar-refractivity contribution in [3.05, 3.63) is 117 Å². The predicted octanol–water partition coefficient (Wildman–Crippen LogP) is 5.86. The molecule has 0 fully saturated rings. The fourth-order valence-electron chi connectivity index (χ4n) is 3.32. The summed E-state index contributed by atoms with van der Waals surface area (Å²) in [5, 5.41) is 7.05. The number of urea groups is 1. The summed E-state index contributed by atoms with van der Waals surface area (Å²) in [6.07, 6.45) is 0. The van der Waals surface area contributed by atoms with Crippen LogP contribution in [0.1, 0.15) is 26.6 Å². The standard InChI is InChI=1S/C26H20F4N4O2S/c27-18-5-1-16(2-6-18)12-31-25(35)23-15-37-24(32-23)14-34(13-17-3-7-19(28)8-4-17)26(36)33-22-10-9-20(29)11-21(22)30/h1-11,15H,12-14H2,(H,31,35)(H,33,36). The quantitative estimate of drug-likeness (QED) is 0.281. The molecule has 2 N–H and O–H groups in total. The molecule has 190 valence electrons. The molecular weight excluding hydrogens is 508 g/mol. The Morgan fingerprint density at radius 2 is 1.43 bits per heavy atom. The number of rotatable bonds is 8. The zero-order valence-corrected chi connectivity index (χ0v) is 20.0. The van der Waals surface area contributed by atoms with Gasteiger partial charge in [-0.05, 0) is 47.5 Å². The van der Waals surface area contributed by atoms with Gasteiger partial charge in [0.15, 0.2) is 0 Å². The zero-order chi connectivity index (χ0) is 26.4. The molecule has 0 atom stereocenters. The highest BCUT2D eigenvalue weighted by atomic mass is 32.1. The summed E-state index contributed by atoms with van der Waals surface area (Å²) in [6, 6.07) is 13.3. The molecule has 1 aromatic heterocycles. The summed E-state index contributed by atoms with van der Waals surface area (Å²) in [7, 11) is 0. The van der Waals surface area contributed by atoms with Crippen molar-refractivity contribution >= 4 is 29.0 Å². The van der Waals surface area contributed by atoms with Gasteiger partial charge in [-0.3, -0.25) is 4.79 Å². The maximum absolute atomic E-state index is 14.1. The maximum Gasteiger partial charge on any atom is 0.322 e. The van der Waals surface area contributed by atoms with Crippen LogP contribution in [0, 0.1) is 23.3 Å². The molecule has 0 saturated carbocycles. The second-order valence-electron chi connectivity index (χ2n) is 7.97. The van der Waals surface area contributed by atoms with E-state index >= 15 is 0 Å². The lowest BCUT2D eigenvalue weighted by Crippen LogP contribution is -2.34. The Kier molecular flexibility index (Phi) is 8.14. The molecule has 0 aliphatic heterocycles. The van der Waals surface area contributed by atoms with Gasteiger partial charge in [0, 0.05) is 24.5 Å². The van der Waals surface area contributed by atoms with Crippen molar-refractivity contribution in [1.29, 1.82) is 0 Å². The first-order valence-corrected chi connectivity index (χ1v) is 11.9. The SMILES string of the molecule is O=C(NCc1ccc(F)cc1)c1csc(CN(Cc2ccc(F)cc2)C(=O)Nc2ccc(F)cc2F)n1. The Balaban J connectivity index is 1.46. The number of benzene rings is 3. The third-order valence-corrected chi connectivity index (χ3v) is 6.06. The van der Waals surface area contributed by atoms with Gasteiger partial charge in [0.25, 0.3) is 5.91 Å². The van der Waals surface area contributed by atoms with Crippen LogP contribution in [-0.4, -0.2) is 21.8 Å². The van der Waals surface area contributed by atoms with Crippen molar-refractivity contribution in [3.8, 4) is 0 Å². The van der Waals surface area contributed by atoms with Gasteiger partial charge in [-0.1, -0.05) is 24.3 Å². The molecule has 0 aliphatic carbocycles. The minimum atomic E-state index is -0.940. The summed E-state index contributed by atoms with van der Waals surface area (Å²) >= 11 is 1.14. The van der Waals surface area contributed by atoms with E-state index in [9.17, 15) is 27.2 Å². The second-order valence-corrected chi connectivity index (χ2v) is 8.92. The van der Waals surface area contributed by atoms with E-state index in [4.69, 9.17) is 0 Å². The Labute approximate surface area is 213 Å². The van der Waals surface area contributed by atoms with Crippen LogP contribution in [0.15, 0.2) is 72.1 Å². The molecule has 3 amide bonds. The van der Waals surface area contributed by atoms with E-state index in [2.05, 4.69) is 15.6 Å². The smallest absolute Gasteiger partial charge is 0.322 e. The van der Waals surface area contributed by atoms with Crippen LogP contribution in [0.5, 0.6) is 0 Å². The number of carbonyl (C=O) groups is 2. The lowest BCUT2D eigenvalue weighted by molar-refractivity contribution is 0.0946. The molecule has 0 bridgehead atoms. The normalized spacial score (nSPS) is 10.7. The van der Waals surface area contributed by atoms with Crippen LogP contribution in [-0.2, 0) is 19.6 Å². The van der Waals surface area contributed by atoms with Crippen LogP contribution in [0.3, 0.4) is 0 Å². The predicted molar refractivity (Wildman–Crippen MR) is 131 cm³/mol. The molecule has 0 spiro atoms. The summed E-state index contributed by atoms with van der Waals surface area (Å²) in [6.45, 7) is 0.164. The third-order valence-electron chi connectivity index (χ3n) is 5.22. The molecule has 0 unspecified atom stereocenters. The minimum Gasteiger partial charge on any atom is -0.347 e. The summed E-state index contributed by atoms with van der Waals surface area (Å²) < 4.78 is 53.7. The number of carbonyl (C=O) groups excluding carboxylic acids is 2. The minimum absolute atomic E-state index is 0.0284. The number of anilines is 1. The van der Waals surface area contributed by atoms with Crippen LogP contribution in [0.25, 0.3) is 0 Å². The Hall–Kier alpha value is -4.25. The molecule has 0 saturated heterocycles. The molecule has 6 nitrogen and oxygen atoms in total. The maximum atomic E-state index is 14.1. The zero-order valence-electron chi connectivity index (χ0n) is 19.2. The summed E-state index contributed by atoms with van der Waals surface area (Å²) in [5.74, 6) is -2.99. The van der Waals surface area contributed by atoms with E-state index in [1.54, 1.807) is 12.1 Å². The molecule has 1 heterocycles. The van der Waals surface area contributed by atoms with Crippen molar-refractivity contribution in [2.75, 3.05) is 5.32 Å². The number of aromatic nitrogens is 1. The molecule has 0 aliphatic rings. The molecule has 37 heavy (non-hydrogen) atoms. The van der Waals surface area contributed by atoms with Gasteiger partial charge in [0.1, 0.15) is 34.0 Å². The lowest BCUT2D eigenvalue weighted by Gasteiger charge is -2.22. The Bertz CT molecular complexity index is 1390. The fourth-order valence-corrected chi connectivity index (χ4v) is 4.11. The molecule has 4 aromatic rings. The fraction of sp³-hybridized carbons (Fsp3) is 0.115. The largest absolute Gasteiger partial charge is 0.347 e. The number of nitrogens with one attached hydrogen (secondary N) is 2. The topological polar surface area (TPSA) is 74.3 Å². The number of thiazole rings is 1. The average molecular weight is 529 g/mol. The summed E-state index contributed by atoms with van der Waals surface area (Å²) in [4.78, 5) is 31.1. The highest BCUT2D eigenvalue weighted by Crippen LogP contribution is 2.19. The molecule has 11 heteroatoms. The monoisotopic (exact) mass is 528 g/mol. The van der Waals surface area contributed by atoms with Gasteiger partial charge in [0.05, 0.1) is 12.2 Å². The molecule has 4 rings (SSSR count). The first-order chi connectivity index (χ1) is 17.8. The van der Waals surface area contributed by atoms with Gasteiger partial charge in [-0.2, -0.15) is 0 Å². The van der Waals surface area contributed by atoms with Crippen molar-refractivity contribution in [2.24, 2.45) is 0 Å². The molecular formula is C26H20F4N4O2S. The van der Waals surface area contributed by atoms with Crippen molar-refractivity contribution < 1.29 is 27.2 Å². The van der Waals surface area contributed by atoms with Crippen LogP contribution in [0.2, 0.25) is 0 Å². The van der Waals surface area contributed by atoms with Crippen LogP contribution >= 0.6 is 11.3 Å². The lowest BCUT2D eigenvalue weighted by atomic mass is 10.2. The van der Waals surface area contributed by atoms with E-state index in [1.165, 1.54) is 46.7 Å². The van der Waals surface area contributed by atoms with Gasteiger partial charge in [-0.25, -0.2) is 27.3 Å². The highest BCUT2D eigenvalue weighted by Gasteiger charge is 2.20. The van der Waals surface area contributed by atoms with Gasteiger partial charge < -0.3 is 15.5 Å². The second kappa shape index (κ2) is 11.7. The Morgan fingerprint density at radius 3 is 2.08 bits per heavy atom. The van der Waals surface area contributed by atoms with Gasteiger partial charge in [0.2, 0.25) is 0 Å². The highest BCUT2D eigenvalue weighted by molar-refractivity contribution is 7.09. The number of amides is 3. The molecule has 3 aromatic carbocycles. The number of nitrogens with zero attached hydrogens (tertiary/aromatic N) is 2. The number of hydrogen-bond donors (Lipinski definition) is 2. The van der Waals surface area contributed by atoms with Gasteiger partial charge >= 0.3 is 6.03 Å². The number of halogens is 4. The number of hydrogen-bond acceptors (Lipinski definition) is 4. The van der Waals surface area contributed by atoms with E-state index in [1.807, 2.05) is 0 Å². The van der Waals surface area contributed by atoms with Crippen molar-refractivity contribution in [3.63, 3.8) is 0 Å². The van der Waals surface area contributed by atoms with Crippen molar-refractivity contribution in [1.82, 2.24) is 15.2 Å². The van der Waals surface area contributed by atoms with E-state index in [-0.39, 0.29) is 36.8 Å². The first kappa shape index (κ1) is 25.8. The average Bonchev–Trinajstić information content (AvgIpc) is 3.35. The first-order valence-electron chi connectivity index (χ1n) is 11.0. The van der Waals surface area contributed by atoms with E-state index in [0.717, 1.165) is 23.5 Å².